The highest BCUT2D eigenvalue weighted by atomic mass is 32.2. The van der Waals surface area contributed by atoms with Crippen LogP contribution in [0.15, 0.2) is 70.6 Å². The molecule has 2 aromatic carbocycles. The van der Waals surface area contributed by atoms with Gasteiger partial charge in [0, 0.05) is 43.4 Å². The van der Waals surface area contributed by atoms with E-state index in [1.807, 2.05) is 44.2 Å². The number of aliphatic carboxylic acids is 1. The molecule has 1 aromatic heterocycles. The number of aromatic nitrogens is 2. The van der Waals surface area contributed by atoms with Gasteiger partial charge in [-0.15, -0.1) is 0 Å². The fraction of sp³-hybridized carbons (Fsp3) is 0.310. The molecule has 0 radical (unpaired) electrons. The summed E-state index contributed by atoms with van der Waals surface area (Å²) in [5, 5.41) is 13.7. The van der Waals surface area contributed by atoms with Crippen molar-refractivity contribution in [3.8, 4) is 16.9 Å². The van der Waals surface area contributed by atoms with Crippen molar-refractivity contribution in [3.05, 3.63) is 71.3 Å². The molecule has 0 spiro atoms. The summed E-state index contributed by atoms with van der Waals surface area (Å²) < 4.78 is 30.6. The summed E-state index contributed by atoms with van der Waals surface area (Å²) >= 11 is 6.56. The van der Waals surface area contributed by atoms with Crippen LogP contribution < -0.4 is 0 Å². The Kier molecular flexibility index (Phi) is 10.1. The van der Waals surface area contributed by atoms with Gasteiger partial charge in [-0.05, 0) is 49.6 Å². The maximum absolute atomic E-state index is 13.5. The number of thiocarbonyl (C=S) groups is 1. The van der Waals surface area contributed by atoms with Gasteiger partial charge in [0.05, 0.1) is 15.5 Å². The molecular weight excluding hydrogens is 581 g/mol. The van der Waals surface area contributed by atoms with Gasteiger partial charge in [-0.25, -0.2) is 13.1 Å². The second-order valence-corrected chi connectivity index (χ2v) is 13.1. The van der Waals surface area contributed by atoms with E-state index in [9.17, 15) is 18.0 Å². The van der Waals surface area contributed by atoms with Gasteiger partial charge in [-0.3, -0.25) is 14.5 Å². The third-order valence-corrected chi connectivity index (χ3v) is 9.66. The van der Waals surface area contributed by atoms with E-state index in [-0.39, 0.29) is 23.8 Å². The van der Waals surface area contributed by atoms with Crippen molar-refractivity contribution in [2.24, 2.45) is 0 Å². The Morgan fingerprint density at radius 2 is 1.80 bits per heavy atom. The first kappa shape index (κ1) is 30.6. The number of hydrogen-bond donors (Lipinski definition) is 1. The molecular formula is C29H32N4O5S3. The third-order valence-electron chi connectivity index (χ3n) is 6.39. The third kappa shape index (κ3) is 7.13. The van der Waals surface area contributed by atoms with Crippen molar-refractivity contribution < 1.29 is 23.1 Å². The van der Waals surface area contributed by atoms with Crippen molar-refractivity contribution in [3.63, 3.8) is 0 Å². The Hall–Kier alpha value is -3.32. The topological polar surface area (TPSA) is 113 Å². The highest BCUT2D eigenvalue weighted by molar-refractivity contribution is 8.26. The molecule has 216 valence electrons. The molecule has 1 aliphatic rings. The van der Waals surface area contributed by atoms with Crippen LogP contribution in [0.25, 0.3) is 23.0 Å². The Morgan fingerprint density at radius 1 is 1.10 bits per heavy atom. The minimum atomic E-state index is -3.72. The quantitative estimate of drug-likeness (QED) is 0.201. The van der Waals surface area contributed by atoms with Crippen LogP contribution >= 0.6 is 24.0 Å². The highest BCUT2D eigenvalue weighted by Crippen LogP contribution is 2.35. The smallest absolute Gasteiger partial charge is 0.303 e. The molecule has 3 aromatic rings. The molecule has 12 heteroatoms. The normalized spacial score (nSPS) is 14.9. The average molecular weight is 613 g/mol. The lowest BCUT2D eigenvalue weighted by Gasteiger charge is -2.21. The fourth-order valence-electron chi connectivity index (χ4n) is 4.46. The minimum absolute atomic E-state index is 0.0582. The van der Waals surface area contributed by atoms with Gasteiger partial charge < -0.3 is 5.11 Å². The molecule has 1 amide bonds. The van der Waals surface area contributed by atoms with Crippen LogP contribution in [0.3, 0.4) is 0 Å². The summed E-state index contributed by atoms with van der Waals surface area (Å²) in [6, 6.07) is 16.2. The van der Waals surface area contributed by atoms with E-state index in [0.29, 0.717) is 58.4 Å². The molecule has 0 saturated carbocycles. The van der Waals surface area contributed by atoms with Gasteiger partial charge in [0.25, 0.3) is 5.91 Å². The number of carboxylic acids is 1. The maximum Gasteiger partial charge on any atom is 0.303 e. The van der Waals surface area contributed by atoms with Crippen LogP contribution in [0.2, 0.25) is 0 Å². The summed E-state index contributed by atoms with van der Waals surface area (Å²) in [6.45, 7) is 4.99. The van der Waals surface area contributed by atoms with Crippen molar-refractivity contribution >= 4 is 56.3 Å². The van der Waals surface area contributed by atoms with E-state index in [1.54, 1.807) is 41.2 Å². The number of nitrogens with zero attached hydrogens (tertiary/aromatic N) is 4. The Labute approximate surface area is 249 Å². The first-order valence-electron chi connectivity index (χ1n) is 13.4. The van der Waals surface area contributed by atoms with E-state index in [4.69, 9.17) is 22.4 Å². The van der Waals surface area contributed by atoms with E-state index < -0.39 is 16.0 Å². The van der Waals surface area contributed by atoms with Crippen molar-refractivity contribution in [2.75, 3.05) is 19.6 Å². The molecule has 1 saturated heterocycles. The van der Waals surface area contributed by atoms with Gasteiger partial charge in [-0.1, -0.05) is 68.2 Å². The monoisotopic (exact) mass is 612 g/mol. The maximum atomic E-state index is 13.5. The predicted molar refractivity (Wildman–Crippen MR) is 165 cm³/mol. The second kappa shape index (κ2) is 13.6. The first-order chi connectivity index (χ1) is 19.6. The van der Waals surface area contributed by atoms with Crippen LogP contribution in [0.4, 0.5) is 0 Å². The molecule has 9 nitrogen and oxygen atoms in total. The average Bonchev–Trinajstić information content (AvgIpc) is 3.49. The zero-order chi connectivity index (χ0) is 29.6. The van der Waals surface area contributed by atoms with Crippen molar-refractivity contribution in [2.45, 2.75) is 44.4 Å². The molecule has 0 aliphatic carbocycles. The lowest BCUT2D eigenvalue weighted by molar-refractivity contribution is -0.137. The fourth-order valence-corrected chi connectivity index (χ4v) is 7.43. The van der Waals surface area contributed by atoms with Crippen LogP contribution in [0.5, 0.6) is 0 Å². The summed E-state index contributed by atoms with van der Waals surface area (Å²) in [5.41, 5.74) is 2.53. The Balaban J connectivity index is 1.75. The van der Waals surface area contributed by atoms with E-state index in [1.165, 1.54) is 9.21 Å². The SMILES string of the molecule is CCCN(CCC)S(=O)(=O)c1cccc(-c2nn(-c3ccccc3)cc2/C=C2\SC(=S)N(CCCC(=O)O)C2=O)c1. The van der Waals surface area contributed by atoms with Crippen LogP contribution in [-0.4, -0.2) is 68.3 Å². The zero-order valence-corrected chi connectivity index (χ0v) is 25.3. The van der Waals surface area contributed by atoms with Crippen molar-refractivity contribution in [1.29, 1.82) is 0 Å². The van der Waals surface area contributed by atoms with Crippen molar-refractivity contribution in [1.82, 2.24) is 19.0 Å². The van der Waals surface area contributed by atoms with Gasteiger partial charge in [0.2, 0.25) is 10.0 Å². The van der Waals surface area contributed by atoms with Gasteiger partial charge in [0.1, 0.15) is 10.0 Å². The number of carbonyl (C=O) groups is 2. The Bertz CT molecular complexity index is 1560. The van der Waals surface area contributed by atoms with E-state index in [0.717, 1.165) is 17.4 Å². The lowest BCUT2D eigenvalue weighted by atomic mass is 10.1. The van der Waals surface area contributed by atoms with Gasteiger partial charge in [-0.2, -0.15) is 9.40 Å². The molecule has 41 heavy (non-hydrogen) atoms. The molecule has 2 heterocycles. The van der Waals surface area contributed by atoms with Gasteiger partial charge >= 0.3 is 5.97 Å². The number of benzene rings is 2. The number of carboxylic acid groups (broad SMARTS) is 1. The Morgan fingerprint density at radius 3 is 2.46 bits per heavy atom. The lowest BCUT2D eigenvalue weighted by Crippen LogP contribution is -2.32. The van der Waals surface area contributed by atoms with Crippen LogP contribution in [0.1, 0.15) is 45.1 Å². The van der Waals surface area contributed by atoms with E-state index >= 15 is 0 Å². The molecule has 1 fully saturated rings. The van der Waals surface area contributed by atoms with Gasteiger partial charge in [0.15, 0.2) is 0 Å². The number of sulfonamides is 1. The second-order valence-electron chi connectivity index (χ2n) is 9.48. The molecule has 1 N–H and O–H groups in total. The largest absolute Gasteiger partial charge is 0.481 e. The van der Waals surface area contributed by atoms with Crippen LogP contribution in [0, 0.1) is 0 Å². The number of para-hydroxylation sites is 1. The summed E-state index contributed by atoms with van der Waals surface area (Å²) in [6.07, 6.45) is 5.15. The number of rotatable bonds is 13. The number of thioether (sulfide) groups is 1. The molecule has 0 atom stereocenters. The standard InChI is InChI=1S/C29H32N4O5S3/c1-3-15-31(16-4-2)41(37,38)24-13-8-10-21(18-24)27-22(20-33(30-27)23-11-6-5-7-12-23)19-25-28(36)32(29(39)40-25)17-9-14-26(34)35/h5-8,10-13,18-20H,3-4,9,14-17H2,1-2H3,(H,34,35)/b25-19-. The number of carbonyl (C=O) groups excluding carboxylic acids is 1. The number of amides is 1. The highest BCUT2D eigenvalue weighted by Gasteiger charge is 2.32. The molecule has 0 unspecified atom stereocenters. The first-order valence-corrected chi connectivity index (χ1v) is 16.0. The van der Waals surface area contributed by atoms with Crippen LogP contribution in [-0.2, 0) is 19.6 Å². The predicted octanol–water partition coefficient (Wildman–Crippen LogP) is 5.42. The summed E-state index contributed by atoms with van der Waals surface area (Å²) in [7, 11) is -3.72. The molecule has 0 bridgehead atoms. The summed E-state index contributed by atoms with van der Waals surface area (Å²) in [4.78, 5) is 26.1. The summed E-state index contributed by atoms with van der Waals surface area (Å²) in [5.74, 6) is -1.23. The van der Waals surface area contributed by atoms with E-state index in [2.05, 4.69) is 0 Å². The number of hydrogen-bond acceptors (Lipinski definition) is 7. The zero-order valence-electron chi connectivity index (χ0n) is 22.9. The minimum Gasteiger partial charge on any atom is -0.481 e. The molecule has 4 rings (SSSR count). The molecule has 1 aliphatic heterocycles.